The summed E-state index contributed by atoms with van der Waals surface area (Å²) in [6.45, 7) is 3.67. The second-order valence-corrected chi connectivity index (χ2v) is 5.02. The van der Waals surface area contributed by atoms with Crippen LogP contribution in [0.1, 0.15) is 15.9 Å². The molecule has 0 aliphatic rings. The van der Waals surface area contributed by atoms with Crippen molar-refractivity contribution in [1.29, 1.82) is 0 Å². The summed E-state index contributed by atoms with van der Waals surface area (Å²) in [4.78, 5) is 26.9. The molecule has 0 aliphatic carbocycles. The van der Waals surface area contributed by atoms with Crippen LogP contribution in [-0.2, 0) is 0 Å². The Morgan fingerprint density at radius 2 is 2.00 bits per heavy atom. The Labute approximate surface area is 131 Å². The van der Waals surface area contributed by atoms with Gasteiger partial charge >= 0.3 is 0 Å². The van der Waals surface area contributed by atoms with Crippen molar-refractivity contribution in [3.8, 4) is 0 Å². The standard InChI is InChI=1S/C18H13FN2O2/c1-2-11-6-7-14-15(10-17(22)21-16(14)8-11)18(23)20-13-5-3-4-12(19)9-13/h2-10H,1H2,(H,20,23)(H,21,22). The number of pyridine rings is 1. The number of halogens is 1. The fraction of sp³-hybridized carbons (Fsp3) is 0. The minimum Gasteiger partial charge on any atom is -0.322 e. The van der Waals surface area contributed by atoms with Gasteiger partial charge in [-0.1, -0.05) is 30.9 Å². The average molecular weight is 308 g/mol. The first-order valence-corrected chi connectivity index (χ1v) is 6.93. The molecule has 1 aromatic heterocycles. The van der Waals surface area contributed by atoms with E-state index in [1.165, 1.54) is 24.3 Å². The molecule has 3 aromatic rings. The Morgan fingerprint density at radius 1 is 1.17 bits per heavy atom. The average Bonchev–Trinajstić information content (AvgIpc) is 2.53. The van der Waals surface area contributed by atoms with Crippen LogP contribution in [0.4, 0.5) is 10.1 Å². The minimum atomic E-state index is -0.474. The SMILES string of the molecule is C=Cc1ccc2c(C(=O)Nc3cccc(F)c3)cc(=O)[nH]c2c1. The molecule has 0 aliphatic heterocycles. The van der Waals surface area contributed by atoms with Crippen molar-refractivity contribution < 1.29 is 9.18 Å². The molecule has 0 unspecified atom stereocenters. The second-order valence-electron chi connectivity index (χ2n) is 5.02. The predicted octanol–water partition coefficient (Wildman–Crippen LogP) is 3.56. The zero-order chi connectivity index (χ0) is 16.4. The van der Waals surface area contributed by atoms with Gasteiger partial charge in [-0.05, 0) is 29.8 Å². The largest absolute Gasteiger partial charge is 0.322 e. The molecule has 0 radical (unpaired) electrons. The van der Waals surface area contributed by atoms with Gasteiger partial charge < -0.3 is 10.3 Å². The number of hydrogen-bond acceptors (Lipinski definition) is 2. The number of hydrogen-bond donors (Lipinski definition) is 2. The van der Waals surface area contributed by atoms with Gasteiger partial charge in [0.05, 0.1) is 5.56 Å². The van der Waals surface area contributed by atoms with E-state index in [-0.39, 0.29) is 11.1 Å². The number of carbonyl (C=O) groups is 1. The smallest absolute Gasteiger partial charge is 0.256 e. The Kier molecular flexibility index (Phi) is 3.76. The monoisotopic (exact) mass is 308 g/mol. The highest BCUT2D eigenvalue weighted by Gasteiger charge is 2.12. The zero-order valence-corrected chi connectivity index (χ0v) is 12.1. The van der Waals surface area contributed by atoms with E-state index in [1.807, 2.05) is 0 Å². The van der Waals surface area contributed by atoms with E-state index in [0.717, 1.165) is 5.56 Å². The van der Waals surface area contributed by atoms with Gasteiger partial charge in [0.1, 0.15) is 5.82 Å². The fourth-order valence-corrected chi connectivity index (χ4v) is 2.36. The summed E-state index contributed by atoms with van der Waals surface area (Å²) in [5.41, 5.74) is 1.54. The number of aromatic amines is 1. The maximum Gasteiger partial charge on any atom is 0.256 e. The number of nitrogens with one attached hydrogen (secondary N) is 2. The molecular weight excluding hydrogens is 295 g/mol. The van der Waals surface area contributed by atoms with Crippen molar-refractivity contribution in [2.75, 3.05) is 5.32 Å². The van der Waals surface area contributed by atoms with Crippen LogP contribution in [0.3, 0.4) is 0 Å². The maximum absolute atomic E-state index is 13.2. The van der Waals surface area contributed by atoms with Gasteiger partial charge in [-0.15, -0.1) is 0 Å². The van der Waals surface area contributed by atoms with Crippen LogP contribution in [0.2, 0.25) is 0 Å². The third-order valence-electron chi connectivity index (χ3n) is 3.43. The molecule has 2 N–H and O–H groups in total. The molecule has 0 spiro atoms. The van der Waals surface area contributed by atoms with Crippen LogP contribution < -0.4 is 10.9 Å². The lowest BCUT2D eigenvalue weighted by atomic mass is 10.1. The summed E-state index contributed by atoms with van der Waals surface area (Å²) in [6, 6.07) is 12.1. The van der Waals surface area contributed by atoms with Crippen LogP contribution in [0.5, 0.6) is 0 Å². The Hall–Kier alpha value is -3.21. The van der Waals surface area contributed by atoms with Crippen LogP contribution in [0.25, 0.3) is 17.0 Å². The third kappa shape index (κ3) is 3.03. The van der Waals surface area contributed by atoms with E-state index < -0.39 is 11.7 Å². The molecule has 5 heteroatoms. The zero-order valence-electron chi connectivity index (χ0n) is 12.1. The molecule has 2 aromatic carbocycles. The van der Waals surface area contributed by atoms with Gasteiger partial charge in [-0.2, -0.15) is 0 Å². The normalized spacial score (nSPS) is 10.5. The van der Waals surface area contributed by atoms with Crippen molar-refractivity contribution in [2.24, 2.45) is 0 Å². The van der Waals surface area contributed by atoms with Gasteiger partial charge in [0, 0.05) is 22.7 Å². The van der Waals surface area contributed by atoms with E-state index in [2.05, 4.69) is 16.9 Å². The molecule has 0 bridgehead atoms. The van der Waals surface area contributed by atoms with Crippen LogP contribution in [-0.4, -0.2) is 10.9 Å². The van der Waals surface area contributed by atoms with E-state index >= 15 is 0 Å². The second kappa shape index (κ2) is 5.88. The molecule has 0 atom stereocenters. The van der Waals surface area contributed by atoms with Crippen molar-refractivity contribution in [1.82, 2.24) is 4.98 Å². The quantitative estimate of drug-likeness (QED) is 0.777. The van der Waals surface area contributed by atoms with Gasteiger partial charge in [0.25, 0.3) is 5.91 Å². The number of rotatable bonds is 3. The van der Waals surface area contributed by atoms with Gasteiger partial charge in [0.15, 0.2) is 0 Å². The van der Waals surface area contributed by atoms with Gasteiger partial charge in [-0.25, -0.2) is 4.39 Å². The highest BCUT2D eigenvalue weighted by Crippen LogP contribution is 2.19. The van der Waals surface area contributed by atoms with E-state index in [9.17, 15) is 14.0 Å². The first-order chi connectivity index (χ1) is 11.1. The number of anilines is 1. The molecule has 3 rings (SSSR count). The fourth-order valence-electron chi connectivity index (χ4n) is 2.36. The summed E-state index contributed by atoms with van der Waals surface area (Å²) in [5.74, 6) is -0.924. The minimum absolute atomic E-state index is 0.226. The molecular formula is C18H13FN2O2. The van der Waals surface area contributed by atoms with Crippen molar-refractivity contribution >= 4 is 28.6 Å². The van der Waals surface area contributed by atoms with Crippen molar-refractivity contribution in [3.63, 3.8) is 0 Å². The highest BCUT2D eigenvalue weighted by molar-refractivity contribution is 6.12. The maximum atomic E-state index is 13.2. The predicted molar refractivity (Wildman–Crippen MR) is 89.0 cm³/mol. The Morgan fingerprint density at radius 3 is 2.74 bits per heavy atom. The van der Waals surface area contributed by atoms with Crippen LogP contribution >= 0.6 is 0 Å². The van der Waals surface area contributed by atoms with Crippen LogP contribution in [0.15, 0.2) is 59.9 Å². The molecule has 1 heterocycles. The lowest BCUT2D eigenvalue weighted by molar-refractivity contribution is 0.102. The number of benzene rings is 2. The topological polar surface area (TPSA) is 62.0 Å². The van der Waals surface area contributed by atoms with Gasteiger partial charge in [-0.3, -0.25) is 9.59 Å². The Balaban J connectivity index is 2.06. The molecule has 0 saturated carbocycles. The highest BCUT2D eigenvalue weighted by atomic mass is 19.1. The third-order valence-corrected chi connectivity index (χ3v) is 3.43. The Bertz CT molecular complexity index is 976. The molecule has 4 nitrogen and oxygen atoms in total. The van der Waals surface area contributed by atoms with Crippen molar-refractivity contribution in [2.45, 2.75) is 0 Å². The molecule has 0 saturated heterocycles. The van der Waals surface area contributed by atoms with Crippen molar-refractivity contribution in [3.05, 3.63) is 82.4 Å². The first kappa shape index (κ1) is 14.7. The number of H-pyrrole nitrogens is 1. The summed E-state index contributed by atoms with van der Waals surface area (Å²) >= 11 is 0. The lowest BCUT2D eigenvalue weighted by Crippen LogP contribution is -2.17. The van der Waals surface area contributed by atoms with E-state index in [0.29, 0.717) is 16.6 Å². The van der Waals surface area contributed by atoms with Gasteiger partial charge in [0.2, 0.25) is 5.56 Å². The molecule has 114 valence electrons. The number of fused-ring (bicyclic) bond motifs is 1. The summed E-state index contributed by atoms with van der Waals surface area (Å²) < 4.78 is 13.2. The first-order valence-electron chi connectivity index (χ1n) is 6.93. The van der Waals surface area contributed by atoms with E-state index in [4.69, 9.17) is 0 Å². The molecule has 0 fully saturated rings. The van der Waals surface area contributed by atoms with Crippen LogP contribution in [0, 0.1) is 5.82 Å². The number of carbonyl (C=O) groups excluding carboxylic acids is 1. The molecule has 23 heavy (non-hydrogen) atoms. The summed E-state index contributed by atoms with van der Waals surface area (Å²) in [6.07, 6.45) is 1.65. The summed E-state index contributed by atoms with van der Waals surface area (Å²) in [5, 5.41) is 3.20. The number of aromatic nitrogens is 1. The summed E-state index contributed by atoms with van der Waals surface area (Å²) in [7, 11) is 0. The molecule has 1 amide bonds. The van der Waals surface area contributed by atoms with E-state index in [1.54, 1.807) is 30.3 Å². The lowest BCUT2D eigenvalue weighted by Gasteiger charge is -2.08. The number of amides is 1.